The molecule has 2 heterocycles. The van der Waals surface area contributed by atoms with Gasteiger partial charge in [-0.15, -0.1) is 0 Å². The zero-order valence-corrected chi connectivity index (χ0v) is 12.4. The van der Waals surface area contributed by atoms with E-state index >= 15 is 0 Å². The summed E-state index contributed by atoms with van der Waals surface area (Å²) in [5.74, 6) is 0. The van der Waals surface area contributed by atoms with Crippen LogP contribution in [0.3, 0.4) is 0 Å². The summed E-state index contributed by atoms with van der Waals surface area (Å²) < 4.78 is 0. The van der Waals surface area contributed by atoms with E-state index in [1.807, 2.05) is 19.4 Å². The lowest BCUT2D eigenvalue weighted by atomic mass is 10.0. The molecule has 1 aliphatic rings. The normalized spacial score (nSPS) is 15.2. The Balaban J connectivity index is 1.97. The van der Waals surface area contributed by atoms with E-state index in [0.29, 0.717) is 6.04 Å². The summed E-state index contributed by atoms with van der Waals surface area (Å²) in [6, 6.07) is 9.29. The van der Waals surface area contributed by atoms with Crippen LogP contribution in [0.4, 0.5) is 5.69 Å². The van der Waals surface area contributed by atoms with Gasteiger partial charge in [0.2, 0.25) is 0 Å². The zero-order chi connectivity index (χ0) is 14.1. The molecule has 0 saturated carbocycles. The minimum absolute atomic E-state index is 0.322. The quantitative estimate of drug-likeness (QED) is 0.926. The first kappa shape index (κ1) is 13.1. The van der Waals surface area contributed by atoms with E-state index in [1.54, 1.807) is 0 Å². The number of rotatable bonds is 3. The van der Waals surface area contributed by atoms with Crippen LogP contribution in [0.15, 0.2) is 36.7 Å². The largest absolute Gasteiger partial charge is 0.374 e. The van der Waals surface area contributed by atoms with Crippen molar-refractivity contribution in [2.75, 3.05) is 25.5 Å². The molecule has 0 fully saturated rings. The number of aromatic nitrogens is 1. The molecule has 0 spiro atoms. The van der Waals surface area contributed by atoms with Gasteiger partial charge in [0, 0.05) is 43.3 Å². The third kappa shape index (κ3) is 2.29. The highest BCUT2D eigenvalue weighted by Gasteiger charge is 2.16. The number of nitrogens with one attached hydrogen (secondary N) is 1. The summed E-state index contributed by atoms with van der Waals surface area (Å²) in [7, 11) is 4.13. The van der Waals surface area contributed by atoms with Gasteiger partial charge in [-0.25, -0.2) is 0 Å². The van der Waals surface area contributed by atoms with E-state index < -0.39 is 0 Å². The van der Waals surface area contributed by atoms with Gasteiger partial charge in [0.1, 0.15) is 0 Å². The van der Waals surface area contributed by atoms with Gasteiger partial charge in [0.15, 0.2) is 0 Å². The third-order valence-electron chi connectivity index (χ3n) is 4.23. The van der Waals surface area contributed by atoms with Crippen molar-refractivity contribution in [3.8, 4) is 11.1 Å². The molecule has 2 aromatic rings. The van der Waals surface area contributed by atoms with Gasteiger partial charge < -0.3 is 10.2 Å². The lowest BCUT2D eigenvalue weighted by molar-refractivity contribution is 0.650. The molecule has 1 N–H and O–H groups in total. The van der Waals surface area contributed by atoms with Crippen molar-refractivity contribution in [3.63, 3.8) is 0 Å². The van der Waals surface area contributed by atoms with Gasteiger partial charge in [0.05, 0.1) is 0 Å². The molecule has 1 aliphatic heterocycles. The lowest BCUT2D eigenvalue weighted by Gasteiger charge is -2.13. The molecule has 104 valence electrons. The van der Waals surface area contributed by atoms with Gasteiger partial charge in [-0.3, -0.25) is 4.98 Å². The van der Waals surface area contributed by atoms with Crippen molar-refractivity contribution in [1.29, 1.82) is 0 Å². The molecule has 1 aromatic heterocycles. The molecule has 3 nitrogen and oxygen atoms in total. The number of likely N-dealkylation sites (N-methyl/N-ethyl adjacent to an activating group) is 1. The van der Waals surface area contributed by atoms with E-state index in [4.69, 9.17) is 0 Å². The van der Waals surface area contributed by atoms with Crippen molar-refractivity contribution in [1.82, 2.24) is 10.3 Å². The highest BCUT2D eigenvalue weighted by atomic mass is 15.1. The van der Waals surface area contributed by atoms with Crippen LogP contribution < -0.4 is 10.2 Å². The Hall–Kier alpha value is -1.87. The maximum atomic E-state index is 4.39. The molecule has 1 unspecified atom stereocenters. The highest BCUT2D eigenvalue weighted by molar-refractivity contribution is 5.70. The van der Waals surface area contributed by atoms with Crippen LogP contribution in [-0.2, 0) is 6.42 Å². The minimum Gasteiger partial charge on any atom is -0.374 e. The number of anilines is 1. The molecule has 0 aliphatic carbocycles. The SMILES string of the molecule is CNC(C)c1cncc(-c2ccc3c(c2)CCN3C)c1. The first-order chi connectivity index (χ1) is 9.69. The summed E-state index contributed by atoms with van der Waals surface area (Å²) >= 11 is 0. The summed E-state index contributed by atoms with van der Waals surface area (Å²) in [6.07, 6.45) is 5.03. The zero-order valence-electron chi connectivity index (χ0n) is 12.4. The lowest BCUT2D eigenvalue weighted by Crippen LogP contribution is -2.12. The van der Waals surface area contributed by atoms with Gasteiger partial charge in [0.25, 0.3) is 0 Å². The molecule has 1 aromatic carbocycles. The first-order valence-electron chi connectivity index (χ1n) is 7.15. The minimum atomic E-state index is 0.322. The molecule has 0 bridgehead atoms. The smallest absolute Gasteiger partial charge is 0.0397 e. The summed E-state index contributed by atoms with van der Waals surface area (Å²) in [5, 5.41) is 3.26. The van der Waals surface area contributed by atoms with E-state index in [9.17, 15) is 0 Å². The number of benzene rings is 1. The van der Waals surface area contributed by atoms with Gasteiger partial charge in [-0.1, -0.05) is 6.07 Å². The fourth-order valence-corrected chi connectivity index (χ4v) is 2.77. The van der Waals surface area contributed by atoms with Crippen LogP contribution in [0.2, 0.25) is 0 Å². The summed E-state index contributed by atoms with van der Waals surface area (Å²) in [6.45, 7) is 3.27. The summed E-state index contributed by atoms with van der Waals surface area (Å²) in [4.78, 5) is 6.70. The fraction of sp³-hybridized carbons (Fsp3) is 0.353. The van der Waals surface area contributed by atoms with Crippen LogP contribution in [0.1, 0.15) is 24.1 Å². The second-order valence-corrected chi connectivity index (χ2v) is 5.53. The van der Waals surface area contributed by atoms with Crippen LogP contribution in [0.25, 0.3) is 11.1 Å². The van der Waals surface area contributed by atoms with Gasteiger partial charge in [-0.05, 0) is 55.3 Å². The Morgan fingerprint density at radius 2 is 2.05 bits per heavy atom. The topological polar surface area (TPSA) is 28.2 Å². The second kappa shape index (κ2) is 5.25. The Bertz CT molecular complexity index is 621. The van der Waals surface area contributed by atoms with E-state index in [-0.39, 0.29) is 0 Å². The highest BCUT2D eigenvalue weighted by Crippen LogP contribution is 2.31. The maximum Gasteiger partial charge on any atom is 0.0397 e. The third-order valence-corrected chi connectivity index (χ3v) is 4.23. The predicted molar refractivity (Wildman–Crippen MR) is 84.1 cm³/mol. The second-order valence-electron chi connectivity index (χ2n) is 5.53. The van der Waals surface area contributed by atoms with E-state index in [1.165, 1.54) is 27.9 Å². The average molecular weight is 267 g/mol. The molecular formula is C17H21N3. The van der Waals surface area contributed by atoms with Crippen molar-refractivity contribution >= 4 is 5.69 Å². The number of pyridine rings is 1. The molecular weight excluding hydrogens is 246 g/mol. The van der Waals surface area contributed by atoms with Crippen LogP contribution in [-0.4, -0.2) is 25.6 Å². The van der Waals surface area contributed by atoms with Gasteiger partial charge >= 0.3 is 0 Å². The van der Waals surface area contributed by atoms with Crippen LogP contribution >= 0.6 is 0 Å². The van der Waals surface area contributed by atoms with Crippen molar-refractivity contribution in [3.05, 3.63) is 47.8 Å². The predicted octanol–water partition coefficient (Wildman–Crippen LogP) is 3.02. The molecule has 20 heavy (non-hydrogen) atoms. The number of fused-ring (bicyclic) bond motifs is 1. The van der Waals surface area contributed by atoms with E-state index in [2.05, 4.69) is 53.4 Å². The Morgan fingerprint density at radius 1 is 1.20 bits per heavy atom. The standard InChI is InChI=1S/C17H21N3/c1-12(18-2)15-9-16(11-19-10-15)13-4-5-17-14(8-13)6-7-20(17)3/h4-5,8-12,18H,6-7H2,1-3H3. The maximum absolute atomic E-state index is 4.39. The Morgan fingerprint density at radius 3 is 2.85 bits per heavy atom. The van der Waals surface area contributed by atoms with Crippen molar-refractivity contribution in [2.45, 2.75) is 19.4 Å². The molecule has 3 rings (SSSR count). The van der Waals surface area contributed by atoms with E-state index in [0.717, 1.165) is 13.0 Å². The molecule has 0 radical (unpaired) electrons. The fourth-order valence-electron chi connectivity index (χ4n) is 2.77. The number of nitrogens with zero attached hydrogens (tertiary/aromatic N) is 2. The molecule has 0 amide bonds. The Kier molecular flexibility index (Phi) is 3.45. The van der Waals surface area contributed by atoms with Crippen LogP contribution in [0, 0.1) is 0 Å². The Labute approximate surface area is 120 Å². The average Bonchev–Trinajstić information content (AvgIpc) is 2.87. The molecule has 0 saturated heterocycles. The molecule has 3 heteroatoms. The van der Waals surface area contributed by atoms with Crippen molar-refractivity contribution in [2.24, 2.45) is 0 Å². The first-order valence-corrected chi connectivity index (χ1v) is 7.15. The molecule has 1 atom stereocenters. The summed E-state index contributed by atoms with van der Waals surface area (Å²) in [5.41, 5.74) is 6.49. The monoisotopic (exact) mass is 267 g/mol. The number of hydrogen-bond acceptors (Lipinski definition) is 3. The van der Waals surface area contributed by atoms with Crippen molar-refractivity contribution < 1.29 is 0 Å². The number of hydrogen-bond donors (Lipinski definition) is 1. The van der Waals surface area contributed by atoms with Crippen LogP contribution in [0.5, 0.6) is 0 Å². The van der Waals surface area contributed by atoms with Gasteiger partial charge in [-0.2, -0.15) is 0 Å².